The standard InChI is InChI=1S/C10H13ClO4/c1-2-3-4-5-6-7-8-14-15-10(13)9(11)12/h2-3,6-8H2,1H3. The van der Waals surface area contributed by atoms with Crippen LogP contribution in [0.25, 0.3) is 0 Å². The fraction of sp³-hybridized carbons (Fsp3) is 0.600. The van der Waals surface area contributed by atoms with Gasteiger partial charge in [0.25, 0.3) is 0 Å². The van der Waals surface area contributed by atoms with Gasteiger partial charge < -0.3 is 0 Å². The van der Waals surface area contributed by atoms with Gasteiger partial charge in [-0.2, -0.15) is 4.89 Å². The Morgan fingerprint density at radius 1 is 1.27 bits per heavy atom. The van der Waals surface area contributed by atoms with Crippen LogP contribution in [-0.4, -0.2) is 17.8 Å². The zero-order valence-electron chi connectivity index (χ0n) is 8.55. The van der Waals surface area contributed by atoms with Crippen molar-refractivity contribution in [2.75, 3.05) is 6.61 Å². The van der Waals surface area contributed by atoms with Crippen molar-refractivity contribution < 1.29 is 19.4 Å². The molecule has 84 valence electrons. The SMILES string of the molecule is CCCC#CCCCOOC(=O)C(=O)Cl. The van der Waals surface area contributed by atoms with E-state index in [0.29, 0.717) is 12.8 Å². The van der Waals surface area contributed by atoms with E-state index >= 15 is 0 Å². The van der Waals surface area contributed by atoms with E-state index in [1.54, 1.807) is 0 Å². The van der Waals surface area contributed by atoms with Crippen LogP contribution < -0.4 is 0 Å². The Bertz CT molecular complexity index is 264. The first kappa shape index (κ1) is 13.9. The highest BCUT2D eigenvalue weighted by Crippen LogP contribution is 1.92. The summed E-state index contributed by atoms with van der Waals surface area (Å²) in [5, 5.41) is -1.20. The fourth-order valence-corrected chi connectivity index (χ4v) is 0.681. The van der Waals surface area contributed by atoms with Gasteiger partial charge in [-0.25, -0.2) is 4.79 Å². The van der Waals surface area contributed by atoms with E-state index in [2.05, 4.69) is 28.5 Å². The molecular formula is C10H13ClO4. The van der Waals surface area contributed by atoms with Crippen molar-refractivity contribution in [3.05, 3.63) is 0 Å². The van der Waals surface area contributed by atoms with Crippen LogP contribution in [-0.2, 0) is 19.4 Å². The molecule has 15 heavy (non-hydrogen) atoms. The zero-order valence-corrected chi connectivity index (χ0v) is 9.30. The maximum atomic E-state index is 10.5. The quantitative estimate of drug-likeness (QED) is 0.175. The van der Waals surface area contributed by atoms with E-state index in [4.69, 9.17) is 11.6 Å². The molecule has 0 rings (SSSR count). The van der Waals surface area contributed by atoms with Crippen molar-refractivity contribution in [1.29, 1.82) is 0 Å². The molecule has 0 unspecified atom stereocenters. The zero-order chi connectivity index (χ0) is 11.5. The van der Waals surface area contributed by atoms with Gasteiger partial charge >= 0.3 is 11.2 Å². The number of hydrogen-bond acceptors (Lipinski definition) is 4. The van der Waals surface area contributed by atoms with E-state index in [0.717, 1.165) is 12.8 Å². The Morgan fingerprint density at radius 3 is 2.53 bits per heavy atom. The average Bonchev–Trinajstić information content (AvgIpc) is 2.21. The maximum Gasteiger partial charge on any atom is 0.424 e. The fourth-order valence-electron chi connectivity index (χ4n) is 0.649. The van der Waals surface area contributed by atoms with Crippen LogP contribution in [0.3, 0.4) is 0 Å². The lowest BCUT2D eigenvalue weighted by Crippen LogP contribution is -2.12. The van der Waals surface area contributed by atoms with Gasteiger partial charge in [-0.3, -0.25) is 9.68 Å². The summed E-state index contributed by atoms with van der Waals surface area (Å²) in [6.07, 6.45) is 3.24. The molecule has 0 aromatic rings. The van der Waals surface area contributed by atoms with Gasteiger partial charge in [0.1, 0.15) is 0 Å². The minimum atomic E-state index is -1.20. The van der Waals surface area contributed by atoms with Gasteiger partial charge in [-0.1, -0.05) is 6.92 Å². The maximum absolute atomic E-state index is 10.5. The second-order valence-corrected chi connectivity index (χ2v) is 3.02. The van der Waals surface area contributed by atoms with Gasteiger partial charge in [-0.05, 0) is 24.4 Å². The molecule has 0 aliphatic rings. The summed E-state index contributed by atoms with van der Waals surface area (Å²) in [6, 6.07) is 0. The Labute approximate surface area is 93.8 Å². The monoisotopic (exact) mass is 232 g/mol. The Kier molecular flexibility index (Phi) is 8.84. The first-order valence-electron chi connectivity index (χ1n) is 4.67. The Balaban J connectivity index is 3.30. The first-order valence-corrected chi connectivity index (χ1v) is 5.05. The highest BCUT2D eigenvalue weighted by Gasteiger charge is 2.12. The summed E-state index contributed by atoms with van der Waals surface area (Å²) in [5.74, 6) is 4.70. The third kappa shape index (κ3) is 9.26. The lowest BCUT2D eigenvalue weighted by atomic mass is 10.3. The molecule has 0 saturated heterocycles. The molecule has 0 aliphatic carbocycles. The predicted molar refractivity (Wildman–Crippen MR) is 54.8 cm³/mol. The Hall–Kier alpha value is -1.05. The molecule has 5 heteroatoms. The van der Waals surface area contributed by atoms with Crippen molar-refractivity contribution in [1.82, 2.24) is 0 Å². The molecule has 0 radical (unpaired) electrons. The topological polar surface area (TPSA) is 52.6 Å². The van der Waals surface area contributed by atoms with Crippen LogP contribution in [0, 0.1) is 11.8 Å². The normalized spacial score (nSPS) is 8.93. The van der Waals surface area contributed by atoms with Crippen molar-refractivity contribution in [3.63, 3.8) is 0 Å². The number of carbonyl (C=O) groups excluding carboxylic acids is 2. The number of carbonyl (C=O) groups is 2. The van der Waals surface area contributed by atoms with Crippen LogP contribution in [0.4, 0.5) is 0 Å². The minimum Gasteiger partial charge on any atom is -0.288 e. The van der Waals surface area contributed by atoms with Crippen LogP contribution >= 0.6 is 11.6 Å². The lowest BCUT2D eigenvalue weighted by Gasteiger charge is -1.98. The smallest absolute Gasteiger partial charge is 0.288 e. The summed E-state index contributed by atoms with van der Waals surface area (Å²) in [6.45, 7) is 2.26. The highest BCUT2D eigenvalue weighted by atomic mass is 35.5. The third-order valence-corrected chi connectivity index (χ3v) is 1.48. The van der Waals surface area contributed by atoms with Crippen molar-refractivity contribution >= 4 is 22.8 Å². The first-order chi connectivity index (χ1) is 7.18. The summed E-state index contributed by atoms with van der Waals surface area (Å²) in [7, 11) is 0. The molecular weight excluding hydrogens is 220 g/mol. The van der Waals surface area contributed by atoms with Gasteiger partial charge in [-0.15, -0.1) is 11.8 Å². The molecule has 0 aromatic carbocycles. The lowest BCUT2D eigenvalue weighted by molar-refractivity contribution is -0.268. The molecule has 0 saturated carbocycles. The molecule has 0 atom stereocenters. The Morgan fingerprint density at radius 2 is 1.93 bits per heavy atom. The van der Waals surface area contributed by atoms with Gasteiger partial charge in [0.2, 0.25) is 0 Å². The van der Waals surface area contributed by atoms with Crippen LogP contribution in [0.15, 0.2) is 0 Å². The second-order valence-electron chi connectivity index (χ2n) is 2.67. The highest BCUT2D eigenvalue weighted by molar-refractivity contribution is 6.80. The third-order valence-electron chi connectivity index (χ3n) is 1.32. The molecule has 0 N–H and O–H groups in total. The van der Waals surface area contributed by atoms with Crippen LogP contribution in [0.5, 0.6) is 0 Å². The van der Waals surface area contributed by atoms with Crippen molar-refractivity contribution in [2.45, 2.75) is 32.6 Å². The van der Waals surface area contributed by atoms with Crippen LogP contribution in [0.1, 0.15) is 32.6 Å². The number of halogens is 1. The summed E-state index contributed by atoms with van der Waals surface area (Å²) in [4.78, 5) is 29.1. The molecule has 0 amide bonds. The van der Waals surface area contributed by atoms with E-state index in [1.807, 2.05) is 0 Å². The molecule has 0 aromatic heterocycles. The van der Waals surface area contributed by atoms with E-state index in [1.165, 1.54) is 0 Å². The van der Waals surface area contributed by atoms with E-state index in [-0.39, 0.29) is 6.61 Å². The molecule has 0 aliphatic heterocycles. The van der Waals surface area contributed by atoms with Gasteiger partial charge in [0, 0.05) is 12.8 Å². The molecule has 4 nitrogen and oxygen atoms in total. The largest absolute Gasteiger partial charge is 0.424 e. The van der Waals surface area contributed by atoms with Gasteiger partial charge in [0.05, 0.1) is 6.61 Å². The predicted octanol–water partition coefficient (Wildman–Crippen LogP) is 1.81. The van der Waals surface area contributed by atoms with E-state index in [9.17, 15) is 9.59 Å². The van der Waals surface area contributed by atoms with Gasteiger partial charge in [0.15, 0.2) is 0 Å². The molecule has 0 heterocycles. The average molecular weight is 233 g/mol. The summed E-state index contributed by atoms with van der Waals surface area (Å²) < 4.78 is 0. The molecule has 0 spiro atoms. The molecule has 0 bridgehead atoms. The van der Waals surface area contributed by atoms with Crippen molar-refractivity contribution in [2.24, 2.45) is 0 Å². The summed E-state index contributed by atoms with van der Waals surface area (Å²) >= 11 is 4.81. The number of unbranched alkanes of at least 4 members (excludes halogenated alkanes) is 2. The molecule has 0 fully saturated rings. The van der Waals surface area contributed by atoms with E-state index < -0.39 is 11.2 Å². The number of hydrogen-bond donors (Lipinski definition) is 0. The summed E-state index contributed by atoms with van der Waals surface area (Å²) in [5.41, 5.74) is 0. The number of rotatable bonds is 6. The van der Waals surface area contributed by atoms with Crippen molar-refractivity contribution in [3.8, 4) is 11.8 Å². The van der Waals surface area contributed by atoms with Crippen LogP contribution in [0.2, 0.25) is 0 Å². The second kappa shape index (κ2) is 9.50. The minimum absolute atomic E-state index is 0.205.